The van der Waals surface area contributed by atoms with Crippen LogP contribution in [0.3, 0.4) is 0 Å². The number of hydrogen-bond acceptors (Lipinski definition) is 7. The largest absolute Gasteiger partial charge is 0.497 e. The molecule has 7 nitrogen and oxygen atoms in total. The normalized spacial score (nSPS) is 11.7. The second kappa shape index (κ2) is 10.9. The molecule has 0 fully saturated rings. The van der Waals surface area contributed by atoms with Gasteiger partial charge in [0.2, 0.25) is 0 Å². The molecule has 0 aliphatic rings. The molecule has 0 amide bonds. The van der Waals surface area contributed by atoms with Crippen LogP contribution in [0.4, 0.5) is 0 Å². The summed E-state index contributed by atoms with van der Waals surface area (Å²) in [4.78, 5) is 12.5. The maximum atomic E-state index is 12.5. The van der Waals surface area contributed by atoms with Crippen LogP contribution in [0.5, 0.6) is 11.5 Å². The molecule has 164 valence electrons. The SMILES string of the molecule is CCC[C@@H](Sc1nnc(-c2cc(OC)cc(OC)c2)n1-c1ccccc1)C(=O)OCC. The molecule has 0 unspecified atom stereocenters. The minimum Gasteiger partial charge on any atom is -0.497 e. The topological polar surface area (TPSA) is 75.5 Å². The summed E-state index contributed by atoms with van der Waals surface area (Å²) in [7, 11) is 3.22. The van der Waals surface area contributed by atoms with E-state index in [1.807, 2.05) is 60.9 Å². The van der Waals surface area contributed by atoms with Crippen molar-refractivity contribution in [1.82, 2.24) is 14.8 Å². The lowest BCUT2D eigenvalue weighted by Crippen LogP contribution is -2.20. The van der Waals surface area contributed by atoms with Crippen LogP contribution in [0.15, 0.2) is 53.7 Å². The highest BCUT2D eigenvalue weighted by atomic mass is 32.2. The van der Waals surface area contributed by atoms with Crippen LogP contribution in [-0.4, -0.2) is 46.8 Å². The van der Waals surface area contributed by atoms with Crippen LogP contribution in [0.2, 0.25) is 0 Å². The first-order valence-corrected chi connectivity index (χ1v) is 11.1. The van der Waals surface area contributed by atoms with Gasteiger partial charge in [0, 0.05) is 17.3 Å². The van der Waals surface area contributed by atoms with Gasteiger partial charge in [-0.1, -0.05) is 43.3 Å². The maximum Gasteiger partial charge on any atom is 0.319 e. The molecule has 8 heteroatoms. The van der Waals surface area contributed by atoms with Gasteiger partial charge < -0.3 is 14.2 Å². The quantitative estimate of drug-likeness (QED) is 0.331. The Morgan fingerprint density at radius 2 is 1.71 bits per heavy atom. The number of hydrogen-bond donors (Lipinski definition) is 0. The van der Waals surface area contributed by atoms with Gasteiger partial charge >= 0.3 is 5.97 Å². The first-order chi connectivity index (χ1) is 15.1. The van der Waals surface area contributed by atoms with Crippen LogP contribution >= 0.6 is 11.8 Å². The molecule has 0 bridgehead atoms. The van der Waals surface area contributed by atoms with Crippen LogP contribution in [0.1, 0.15) is 26.7 Å². The number of para-hydroxylation sites is 1. The predicted octanol–water partition coefficient (Wildman–Crippen LogP) is 4.78. The van der Waals surface area contributed by atoms with E-state index in [2.05, 4.69) is 10.2 Å². The summed E-state index contributed by atoms with van der Waals surface area (Å²) in [6, 6.07) is 15.4. The Labute approximate surface area is 186 Å². The minimum atomic E-state index is -0.357. The Kier molecular flexibility index (Phi) is 7.94. The fraction of sp³-hybridized carbons (Fsp3) is 0.348. The van der Waals surface area contributed by atoms with Crippen LogP contribution in [-0.2, 0) is 9.53 Å². The van der Waals surface area contributed by atoms with Crippen molar-refractivity contribution in [2.75, 3.05) is 20.8 Å². The van der Waals surface area contributed by atoms with Crippen molar-refractivity contribution >= 4 is 17.7 Å². The number of nitrogens with zero attached hydrogens (tertiary/aromatic N) is 3. The highest BCUT2D eigenvalue weighted by molar-refractivity contribution is 8.00. The lowest BCUT2D eigenvalue weighted by molar-refractivity contribution is -0.142. The van der Waals surface area contributed by atoms with Gasteiger partial charge in [0.05, 0.1) is 20.8 Å². The van der Waals surface area contributed by atoms with Crippen molar-refractivity contribution in [1.29, 1.82) is 0 Å². The lowest BCUT2D eigenvalue weighted by Gasteiger charge is -2.16. The van der Waals surface area contributed by atoms with E-state index in [9.17, 15) is 4.79 Å². The summed E-state index contributed by atoms with van der Waals surface area (Å²) in [6.45, 7) is 4.20. The third-order valence-corrected chi connectivity index (χ3v) is 5.79. The molecule has 0 saturated heterocycles. The Morgan fingerprint density at radius 1 is 1.03 bits per heavy atom. The zero-order chi connectivity index (χ0) is 22.2. The second-order valence-corrected chi connectivity index (χ2v) is 7.90. The molecule has 3 aromatic rings. The molecule has 0 N–H and O–H groups in total. The van der Waals surface area contributed by atoms with Gasteiger partial charge in [0.1, 0.15) is 16.7 Å². The molecule has 0 spiro atoms. The molecule has 1 atom stereocenters. The fourth-order valence-corrected chi connectivity index (χ4v) is 4.29. The molecule has 1 heterocycles. The van der Waals surface area contributed by atoms with E-state index in [1.54, 1.807) is 20.3 Å². The van der Waals surface area contributed by atoms with Crippen LogP contribution in [0, 0.1) is 0 Å². The lowest BCUT2D eigenvalue weighted by atomic mass is 10.2. The molecule has 2 aromatic carbocycles. The van der Waals surface area contributed by atoms with E-state index >= 15 is 0 Å². The first kappa shape index (κ1) is 22.7. The zero-order valence-electron chi connectivity index (χ0n) is 18.2. The molecule has 0 aliphatic heterocycles. The van der Waals surface area contributed by atoms with E-state index in [-0.39, 0.29) is 11.2 Å². The molecular weight excluding hydrogens is 414 g/mol. The van der Waals surface area contributed by atoms with Gasteiger partial charge in [0.15, 0.2) is 11.0 Å². The highest BCUT2D eigenvalue weighted by Gasteiger charge is 2.25. The number of methoxy groups -OCH3 is 2. The standard InChI is InChI=1S/C23H27N3O4S/c1-5-10-20(22(27)30-6-2)31-23-25-24-21(26(23)17-11-8-7-9-12-17)16-13-18(28-3)15-19(14-16)29-4/h7-9,11-15,20H,5-6,10H2,1-4H3/t20-/m1/s1. The van der Waals surface area contributed by atoms with Gasteiger partial charge in [-0.2, -0.15) is 0 Å². The van der Waals surface area contributed by atoms with Crippen molar-refractivity contribution in [3.05, 3.63) is 48.5 Å². The van der Waals surface area contributed by atoms with E-state index in [0.29, 0.717) is 35.5 Å². The number of aromatic nitrogens is 3. The van der Waals surface area contributed by atoms with Gasteiger partial charge in [0.25, 0.3) is 0 Å². The Balaban J connectivity index is 2.10. The Bertz CT molecular complexity index is 985. The van der Waals surface area contributed by atoms with Crippen molar-refractivity contribution in [2.45, 2.75) is 37.1 Å². The minimum absolute atomic E-state index is 0.235. The molecule has 0 aliphatic carbocycles. The molecule has 1 aromatic heterocycles. The molecule has 3 rings (SSSR count). The number of thioether (sulfide) groups is 1. The summed E-state index contributed by atoms with van der Waals surface area (Å²) < 4.78 is 18.1. The van der Waals surface area contributed by atoms with E-state index in [4.69, 9.17) is 14.2 Å². The second-order valence-electron chi connectivity index (χ2n) is 6.73. The number of carbonyl (C=O) groups is 1. The van der Waals surface area contributed by atoms with Gasteiger partial charge in [-0.15, -0.1) is 10.2 Å². The first-order valence-electron chi connectivity index (χ1n) is 10.2. The zero-order valence-corrected chi connectivity index (χ0v) is 19.0. The highest BCUT2D eigenvalue weighted by Crippen LogP contribution is 2.34. The van der Waals surface area contributed by atoms with E-state index in [1.165, 1.54) is 11.8 Å². The molecule has 0 radical (unpaired) electrons. The van der Waals surface area contributed by atoms with Crippen molar-refractivity contribution < 1.29 is 19.0 Å². The third kappa shape index (κ3) is 5.38. The summed E-state index contributed by atoms with van der Waals surface area (Å²) in [5, 5.41) is 9.15. The number of benzene rings is 2. The van der Waals surface area contributed by atoms with Crippen LogP contribution < -0.4 is 9.47 Å². The summed E-state index contributed by atoms with van der Waals surface area (Å²) in [5.41, 5.74) is 1.69. The van der Waals surface area contributed by atoms with Crippen LogP contribution in [0.25, 0.3) is 17.1 Å². The predicted molar refractivity (Wildman–Crippen MR) is 121 cm³/mol. The fourth-order valence-electron chi connectivity index (χ4n) is 3.13. The average Bonchev–Trinajstić information content (AvgIpc) is 3.22. The van der Waals surface area contributed by atoms with Gasteiger partial charge in [-0.05, 0) is 37.6 Å². The average molecular weight is 442 g/mol. The summed E-state index contributed by atoms with van der Waals surface area (Å²) in [5.74, 6) is 1.70. The number of carbonyl (C=O) groups excluding carboxylic acids is 1. The van der Waals surface area contributed by atoms with Crippen molar-refractivity contribution in [3.8, 4) is 28.6 Å². The van der Waals surface area contributed by atoms with Gasteiger partial charge in [-0.25, -0.2) is 0 Å². The number of rotatable bonds is 10. The van der Waals surface area contributed by atoms with Gasteiger partial charge in [-0.3, -0.25) is 9.36 Å². The van der Waals surface area contributed by atoms with E-state index in [0.717, 1.165) is 17.7 Å². The Hall–Kier alpha value is -3.00. The summed E-state index contributed by atoms with van der Waals surface area (Å²) in [6.07, 6.45) is 1.55. The molecule has 31 heavy (non-hydrogen) atoms. The number of esters is 1. The summed E-state index contributed by atoms with van der Waals surface area (Å²) >= 11 is 1.37. The molecule has 0 saturated carbocycles. The van der Waals surface area contributed by atoms with E-state index < -0.39 is 0 Å². The monoisotopic (exact) mass is 441 g/mol. The molecular formula is C23H27N3O4S. The maximum absolute atomic E-state index is 12.5. The van der Waals surface area contributed by atoms with Crippen molar-refractivity contribution in [3.63, 3.8) is 0 Å². The number of ether oxygens (including phenoxy) is 3. The van der Waals surface area contributed by atoms with Crippen molar-refractivity contribution in [2.24, 2.45) is 0 Å². The Morgan fingerprint density at radius 3 is 2.29 bits per heavy atom. The smallest absolute Gasteiger partial charge is 0.319 e. The third-order valence-electron chi connectivity index (χ3n) is 4.61.